The van der Waals surface area contributed by atoms with Gasteiger partial charge < -0.3 is 14.8 Å². The van der Waals surface area contributed by atoms with Crippen molar-refractivity contribution >= 4 is 0 Å². The Balaban J connectivity index is 2.42. The lowest BCUT2D eigenvalue weighted by atomic mass is 9.94. The van der Waals surface area contributed by atoms with E-state index in [-0.39, 0.29) is 17.6 Å². The van der Waals surface area contributed by atoms with Gasteiger partial charge in [-0.1, -0.05) is 12.1 Å². The van der Waals surface area contributed by atoms with Gasteiger partial charge in [-0.3, -0.25) is 0 Å². The summed E-state index contributed by atoms with van der Waals surface area (Å²) in [6.45, 7) is 2.02. The van der Waals surface area contributed by atoms with Gasteiger partial charge in [-0.05, 0) is 54.9 Å². The van der Waals surface area contributed by atoms with Crippen molar-refractivity contribution in [2.24, 2.45) is 0 Å². The lowest BCUT2D eigenvalue weighted by Gasteiger charge is -2.20. The van der Waals surface area contributed by atoms with E-state index in [4.69, 9.17) is 9.47 Å². The van der Waals surface area contributed by atoms with Gasteiger partial charge in [-0.2, -0.15) is 0 Å². The highest BCUT2D eigenvalue weighted by Gasteiger charge is 2.16. The Hall–Kier alpha value is -2.07. The molecule has 0 aliphatic heterocycles. The summed E-state index contributed by atoms with van der Waals surface area (Å²) in [6.07, 6.45) is 0. The number of methoxy groups -OCH3 is 2. The Morgan fingerprint density at radius 2 is 1.81 bits per heavy atom. The van der Waals surface area contributed by atoms with Gasteiger partial charge in [-0.15, -0.1) is 0 Å². The molecule has 0 bridgehead atoms. The van der Waals surface area contributed by atoms with E-state index in [1.54, 1.807) is 13.2 Å². The molecule has 0 heterocycles. The van der Waals surface area contributed by atoms with Crippen molar-refractivity contribution in [2.75, 3.05) is 21.3 Å². The average Bonchev–Trinajstić information content (AvgIpc) is 2.49. The number of halogens is 1. The molecule has 0 aromatic heterocycles. The second-order valence-corrected chi connectivity index (χ2v) is 4.84. The zero-order valence-corrected chi connectivity index (χ0v) is 12.7. The van der Waals surface area contributed by atoms with Crippen molar-refractivity contribution in [1.82, 2.24) is 5.32 Å². The summed E-state index contributed by atoms with van der Waals surface area (Å²) < 4.78 is 24.1. The quantitative estimate of drug-likeness (QED) is 0.914. The monoisotopic (exact) mass is 289 g/mol. The molecular formula is C17H20FNO2. The van der Waals surface area contributed by atoms with Crippen molar-refractivity contribution in [3.63, 3.8) is 0 Å². The molecular weight excluding hydrogens is 269 g/mol. The summed E-state index contributed by atoms with van der Waals surface area (Å²) in [6, 6.07) is 10.8. The third kappa shape index (κ3) is 3.16. The van der Waals surface area contributed by atoms with Crippen molar-refractivity contribution in [1.29, 1.82) is 0 Å². The molecule has 0 saturated carbocycles. The predicted octanol–water partition coefficient (Wildman–Crippen LogP) is 3.46. The van der Waals surface area contributed by atoms with Crippen LogP contribution >= 0.6 is 0 Å². The minimum absolute atomic E-state index is 0.0867. The van der Waals surface area contributed by atoms with Crippen molar-refractivity contribution in [3.8, 4) is 11.5 Å². The molecule has 1 unspecified atom stereocenters. The molecule has 21 heavy (non-hydrogen) atoms. The number of rotatable bonds is 5. The Bertz CT molecular complexity index is 628. The fourth-order valence-electron chi connectivity index (χ4n) is 2.46. The topological polar surface area (TPSA) is 30.5 Å². The zero-order chi connectivity index (χ0) is 15.4. The van der Waals surface area contributed by atoms with E-state index in [1.165, 1.54) is 13.2 Å². The molecule has 0 saturated heterocycles. The Labute approximate surface area is 124 Å². The summed E-state index contributed by atoms with van der Waals surface area (Å²) in [5, 5.41) is 3.23. The molecule has 3 nitrogen and oxygen atoms in total. The highest BCUT2D eigenvalue weighted by atomic mass is 19.1. The Morgan fingerprint density at radius 3 is 2.33 bits per heavy atom. The second kappa shape index (κ2) is 6.59. The first kappa shape index (κ1) is 15.3. The van der Waals surface area contributed by atoms with Crippen LogP contribution in [0.1, 0.15) is 22.7 Å². The van der Waals surface area contributed by atoms with Crippen LogP contribution in [0.25, 0.3) is 0 Å². The highest BCUT2D eigenvalue weighted by molar-refractivity contribution is 5.42. The number of aryl methyl sites for hydroxylation is 1. The molecule has 4 heteroatoms. The average molecular weight is 289 g/mol. The van der Waals surface area contributed by atoms with Gasteiger partial charge >= 0.3 is 0 Å². The maximum absolute atomic E-state index is 13.9. The van der Waals surface area contributed by atoms with Crippen LogP contribution < -0.4 is 14.8 Å². The second-order valence-electron chi connectivity index (χ2n) is 4.84. The first-order valence-electron chi connectivity index (χ1n) is 6.76. The SMILES string of the molecule is CNC(c1ccc(OC)c(F)c1)c1ccc(OC)cc1C. The molecule has 0 aliphatic carbocycles. The summed E-state index contributed by atoms with van der Waals surface area (Å²) in [5.74, 6) is 0.702. The van der Waals surface area contributed by atoms with Gasteiger partial charge in [-0.25, -0.2) is 4.39 Å². The van der Waals surface area contributed by atoms with Gasteiger partial charge in [0.05, 0.1) is 20.3 Å². The third-order valence-corrected chi connectivity index (χ3v) is 3.59. The summed E-state index contributed by atoms with van der Waals surface area (Å²) in [4.78, 5) is 0. The number of ether oxygens (including phenoxy) is 2. The van der Waals surface area contributed by atoms with E-state index in [2.05, 4.69) is 5.32 Å². The molecule has 0 fully saturated rings. The van der Waals surface area contributed by atoms with Crippen molar-refractivity contribution in [2.45, 2.75) is 13.0 Å². The van der Waals surface area contributed by atoms with Crippen LogP contribution in [0.3, 0.4) is 0 Å². The van der Waals surface area contributed by atoms with Crippen LogP contribution in [-0.4, -0.2) is 21.3 Å². The van der Waals surface area contributed by atoms with Crippen LogP contribution in [0.15, 0.2) is 36.4 Å². The van der Waals surface area contributed by atoms with E-state index < -0.39 is 0 Å². The fraction of sp³-hybridized carbons (Fsp3) is 0.294. The minimum atomic E-state index is -0.360. The number of hydrogen-bond acceptors (Lipinski definition) is 3. The van der Waals surface area contributed by atoms with Gasteiger partial charge in [0.25, 0.3) is 0 Å². The summed E-state index contributed by atoms with van der Waals surface area (Å²) >= 11 is 0. The zero-order valence-electron chi connectivity index (χ0n) is 12.7. The first-order valence-corrected chi connectivity index (χ1v) is 6.76. The van der Waals surface area contributed by atoms with Crippen LogP contribution in [0.4, 0.5) is 4.39 Å². The normalized spacial score (nSPS) is 12.0. The molecule has 1 N–H and O–H groups in total. The molecule has 0 amide bonds. The molecule has 2 aromatic rings. The van der Waals surface area contributed by atoms with E-state index in [0.717, 1.165) is 22.4 Å². The maximum Gasteiger partial charge on any atom is 0.165 e. The number of nitrogens with one attached hydrogen (secondary N) is 1. The van der Waals surface area contributed by atoms with Crippen molar-refractivity contribution in [3.05, 3.63) is 58.9 Å². The standard InChI is InChI=1S/C17H20FNO2/c1-11-9-13(20-3)6-7-14(11)17(19-2)12-5-8-16(21-4)15(18)10-12/h5-10,17,19H,1-4H3. The number of hydrogen-bond donors (Lipinski definition) is 1. The van der Waals surface area contributed by atoms with Gasteiger partial charge in [0, 0.05) is 0 Å². The molecule has 2 aromatic carbocycles. The summed E-state index contributed by atoms with van der Waals surface area (Å²) in [7, 11) is 4.96. The van der Waals surface area contributed by atoms with E-state index in [1.807, 2.05) is 38.2 Å². The fourth-order valence-corrected chi connectivity index (χ4v) is 2.46. The maximum atomic E-state index is 13.9. The molecule has 0 radical (unpaired) electrons. The van der Waals surface area contributed by atoms with Gasteiger partial charge in [0.2, 0.25) is 0 Å². The van der Waals surface area contributed by atoms with Crippen LogP contribution in [0.5, 0.6) is 11.5 Å². The Morgan fingerprint density at radius 1 is 1.05 bits per heavy atom. The van der Waals surface area contributed by atoms with E-state index in [0.29, 0.717) is 0 Å². The summed E-state index contributed by atoms with van der Waals surface area (Å²) in [5.41, 5.74) is 3.02. The highest BCUT2D eigenvalue weighted by Crippen LogP contribution is 2.29. The van der Waals surface area contributed by atoms with Crippen LogP contribution in [0.2, 0.25) is 0 Å². The van der Waals surface area contributed by atoms with Gasteiger partial charge in [0.1, 0.15) is 5.75 Å². The molecule has 0 spiro atoms. The van der Waals surface area contributed by atoms with Gasteiger partial charge in [0.15, 0.2) is 11.6 Å². The lowest BCUT2D eigenvalue weighted by molar-refractivity contribution is 0.386. The largest absolute Gasteiger partial charge is 0.497 e. The van der Waals surface area contributed by atoms with Crippen LogP contribution in [-0.2, 0) is 0 Å². The Kier molecular flexibility index (Phi) is 4.81. The smallest absolute Gasteiger partial charge is 0.165 e. The van der Waals surface area contributed by atoms with Crippen LogP contribution in [0, 0.1) is 12.7 Å². The molecule has 112 valence electrons. The molecule has 1 atom stereocenters. The molecule has 0 aliphatic rings. The lowest BCUT2D eigenvalue weighted by Crippen LogP contribution is -2.19. The first-order chi connectivity index (χ1) is 10.1. The van der Waals surface area contributed by atoms with E-state index >= 15 is 0 Å². The van der Waals surface area contributed by atoms with E-state index in [9.17, 15) is 4.39 Å². The third-order valence-electron chi connectivity index (χ3n) is 3.59. The predicted molar refractivity (Wildman–Crippen MR) is 81.6 cm³/mol. The minimum Gasteiger partial charge on any atom is -0.497 e. The molecule has 2 rings (SSSR count). The number of benzene rings is 2. The van der Waals surface area contributed by atoms with Crippen molar-refractivity contribution < 1.29 is 13.9 Å².